The van der Waals surface area contributed by atoms with Gasteiger partial charge < -0.3 is 21.3 Å². The van der Waals surface area contributed by atoms with Crippen LogP contribution < -0.4 is 11.1 Å². The van der Waals surface area contributed by atoms with E-state index in [9.17, 15) is 19.2 Å². The molecular weight excluding hydrogens is 421 g/mol. The van der Waals surface area contributed by atoms with Gasteiger partial charge in [-0.25, -0.2) is 0 Å². The highest BCUT2D eigenvalue weighted by Crippen LogP contribution is 2.04. The number of carboxylic acid groups (broad SMARTS) is 2. The Morgan fingerprint density at radius 2 is 1.30 bits per heavy atom. The van der Waals surface area contributed by atoms with E-state index >= 15 is 0 Å². The molecule has 0 atom stereocenters. The average molecular weight is 437 g/mol. The summed E-state index contributed by atoms with van der Waals surface area (Å²) in [4.78, 5) is 37.4. The standard InChI is InChI=1S/C5H7Cl2NO3.C3H7NO2.C2HCl3O/c6-4(7)5(11)8-2-1-3(9)10;4-2-1-3(5)6;3-1(4)2(5)6/h4H,1-2H2,(H,8,11)(H,9,10);1-2,4H2,(H,5,6);1H. The molecule has 0 spiro atoms. The quantitative estimate of drug-likeness (QED) is 0.348. The fourth-order valence-electron chi connectivity index (χ4n) is 0.493. The highest BCUT2D eigenvalue weighted by Gasteiger charge is 2.10. The Bertz CT molecular complexity index is 381. The van der Waals surface area contributed by atoms with Crippen molar-refractivity contribution < 1.29 is 29.4 Å². The fourth-order valence-corrected chi connectivity index (χ4v) is 0.648. The predicted octanol–water partition coefficient (Wildman–Crippen LogP) is 1.36. The van der Waals surface area contributed by atoms with Gasteiger partial charge in [-0.3, -0.25) is 19.2 Å². The van der Waals surface area contributed by atoms with Gasteiger partial charge in [0, 0.05) is 13.1 Å². The lowest BCUT2D eigenvalue weighted by atomic mass is 10.4. The number of nitrogens with two attached hydrogens (primary N) is 1. The van der Waals surface area contributed by atoms with Crippen molar-refractivity contribution in [1.29, 1.82) is 0 Å². The first kappa shape index (κ1) is 27.3. The number of halogens is 5. The van der Waals surface area contributed by atoms with Crippen molar-refractivity contribution in [2.45, 2.75) is 22.5 Å². The zero-order chi connectivity index (χ0) is 19.0. The molecule has 0 unspecified atom stereocenters. The van der Waals surface area contributed by atoms with E-state index in [1.54, 1.807) is 0 Å². The van der Waals surface area contributed by atoms with Gasteiger partial charge in [0.25, 0.3) is 11.1 Å². The zero-order valence-electron chi connectivity index (χ0n) is 11.5. The first-order valence-electron chi connectivity index (χ1n) is 5.62. The summed E-state index contributed by atoms with van der Waals surface area (Å²) < 4.78 is 0. The summed E-state index contributed by atoms with van der Waals surface area (Å²) in [5.41, 5.74) is 4.85. The van der Waals surface area contributed by atoms with Crippen LogP contribution in [0.4, 0.5) is 0 Å². The van der Waals surface area contributed by atoms with E-state index in [4.69, 9.17) is 74.0 Å². The third kappa shape index (κ3) is 30.0. The minimum atomic E-state index is -1.14. The minimum absolute atomic E-state index is 0.0457. The number of carbonyl (C=O) groups is 4. The molecule has 0 fully saturated rings. The molecular formula is C10H15Cl5N2O6. The number of carboxylic acids is 2. The maximum Gasteiger partial charge on any atom is 0.305 e. The van der Waals surface area contributed by atoms with Crippen LogP contribution in [-0.4, -0.2) is 56.1 Å². The second-order valence-corrected chi connectivity index (χ2v) is 5.84. The molecule has 23 heavy (non-hydrogen) atoms. The van der Waals surface area contributed by atoms with E-state index in [1.165, 1.54) is 0 Å². The van der Waals surface area contributed by atoms with Gasteiger partial charge in [-0.15, -0.1) is 0 Å². The molecule has 8 nitrogen and oxygen atoms in total. The van der Waals surface area contributed by atoms with Gasteiger partial charge in [0.2, 0.25) is 0 Å². The summed E-state index contributed by atoms with van der Waals surface area (Å²) >= 11 is 24.8. The number of amides is 1. The SMILES string of the molecule is NCCC(=O)O.O=C(Cl)C(Cl)Cl.O=C(O)CCNC(=O)C(Cl)Cl. The molecule has 0 aromatic carbocycles. The molecule has 0 radical (unpaired) electrons. The number of hydrogen-bond donors (Lipinski definition) is 4. The Labute approximate surface area is 157 Å². The van der Waals surface area contributed by atoms with Crippen LogP contribution in [0.1, 0.15) is 12.8 Å². The smallest absolute Gasteiger partial charge is 0.305 e. The zero-order valence-corrected chi connectivity index (χ0v) is 15.3. The van der Waals surface area contributed by atoms with Gasteiger partial charge in [0.1, 0.15) is 0 Å². The Kier molecular flexibility index (Phi) is 21.2. The van der Waals surface area contributed by atoms with Gasteiger partial charge in [0.05, 0.1) is 12.8 Å². The largest absolute Gasteiger partial charge is 0.481 e. The normalized spacial score (nSPS) is 9.22. The van der Waals surface area contributed by atoms with Gasteiger partial charge in [-0.1, -0.05) is 46.4 Å². The van der Waals surface area contributed by atoms with Crippen LogP contribution in [0.2, 0.25) is 0 Å². The van der Waals surface area contributed by atoms with Crippen LogP contribution in [0.5, 0.6) is 0 Å². The fraction of sp³-hybridized carbons (Fsp3) is 0.600. The third-order valence-electron chi connectivity index (χ3n) is 1.37. The highest BCUT2D eigenvalue weighted by molar-refractivity contribution is 6.75. The maximum absolute atomic E-state index is 10.6. The van der Waals surface area contributed by atoms with E-state index in [1.807, 2.05) is 0 Å². The van der Waals surface area contributed by atoms with Gasteiger partial charge in [0.15, 0.2) is 9.67 Å². The first-order chi connectivity index (χ1) is 10.4. The summed E-state index contributed by atoms with van der Waals surface area (Å²) in [5.74, 6) is -2.39. The number of nitrogens with one attached hydrogen (secondary N) is 1. The number of rotatable bonds is 7. The molecule has 0 aromatic heterocycles. The number of aliphatic carboxylic acids is 2. The van der Waals surface area contributed by atoms with Crippen LogP contribution in [0, 0.1) is 0 Å². The lowest BCUT2D eigenvalue weighted by Gasteiger charge is -2.01. The Balaban J connectivity index is -0.000000284. The summed E-state index contributed by atoms with van der Waals surface area (Å²) in [7, 11) is 0. The van der Waals surface area contributed by atoms with Crippen molar-refractivity contribution in [3.63, 3.8) is 0 Å². The van der Waals surface area contributed by atoms with E-state index in [-0.39, 0.29) is 25.9 Å². The lowest BCUT2D eigenvalue weighted by molar-refractivity contribution is -0.138. The second kappa shape index (κ2) is 17.8. The van der Waals surface area contributed by atoms with Crippen LogP contribution in [-0.2, 0) is 19.2 Å². The Morgan fingerprint density at radius 1 is 0.913 bits per heavy atom. The molecule has 0 aliphatic carbocycles. The summed E-state index contributed by atoms with van der Waals surface area (Å²) in [5, 5.41) is 17.5. The molecule has 0 bridgehead atoms. The van der Waals surface area contributed by atoms with Gasteiger partial charge in [-0.05, 0) is 11.6 Å². The number of carbonyl (C=O) groups excluding carboxylic acids is 2. The molecule has 1 amide bonds. The van der Waals surface area contributed by atoms with Gasteiger partial charge >= 0.3 is 11.9 Å². The van der Waals surface area contributed by atoms with Crippen molar-refractivity contribution in [1.82, 2.24) is 5.32 Å². The molecule has 0 saturated carbocycles. The average Bonchev–Trinajstić information content (AvgIpc) is 2.39. The maximum atomic E-state index is 10.6. The van der Waals surface area contributed by atoms with Crippen molar-refractivity contribution in [3.8, 4) is 0 Å². The van der Waals surface area contributed by atoms with Crippen LogP contribution in [0.3, 0.4) is 0 Å². The Hall–Kier alpha value is -0.510. The molecule has 136 valence electrons. The van der Waals surface area contributed by atoms with E-state index in [0.29, 0.717) is 0 Å². The van der Waals surface area contributed by atoms with Crippen LogP contribution >= 0.6 is 58.0 Å². The number of hydrogen-bond acceptors (Lipinski definition) is 5. The molecule has 0 aliphatic heterocycles. The molecule has 5 N–H and O–H groups in total. The van der Waals surface area contributed by atoms with Crippen molar-refractivity contribution in [2.75, 3.05) is 13.1 Å². The van der Waals surface area contributed by atoms with Crippen LogP contribution in [0.15, 0.2) is 0 Å². The molecule has 0 aromatic rings. The van der Waals surface area contributed by atoms with Crippen molar-refractivity contribution >= 4 is 81.1 Å². The molecule has 0 saturated heterocycles. The van der Waals surface area contributed by atoms with Gasteiger partial charge in [-0.2, -0.15) is 0 Å². The van der Waals surface area contributed by atoms with E-state index in [0.717, 1.165) is 0 Å². The summed E-state index contributed by atoms with van der Waals surface area (Å²) in [6, 6.07) is 0. The monoisotopic (exact) mass is 434 g/mol. The molecule has 0 rings (SSSR count). The van der Waals surface area contributed by atoms with Crippen LogP contribution in [0.25, 0.3) is 0 Å². The molecule has 13 heteroatoms. The topological polar surface area (TPSA) is 147 Å². The first-order valence-corrected chi connectivity index (χ1v) is 7.75. The molecule has 0 aliphatic rings. The van der Waals surface area contributed by atoms with Crippen molar-refractivity contribution in [2.24, 2.45) is 5.73 Å². The summed E-state index contributed by atoms with van der Waals surface area (Å²) in [6.07, 6.45) is -0.0633. The van der Waals surface area contributed by atoms with E-state index < -0.39 is 32.8 Å². The number of alkyl halides is 4. The minimum Gasteiger partial charge on any atom is -0.481 e. The summed E-state index contributed by atoms with van der Waals surface area (Å²) in [6.45, 7) is 0.277. The predicted molar refractivity (Wildman–Crippen MR) is 88.4 cm³/mol. The Morgan fingerprint density at radius 3 is 1.48 bits per heavy atom. The van der Waals surface area contributed by atoms with E-state index in [2.05, 4.69) is 5.32 Å². The van der Waals surface area contributed by atoms with Crippen molar-refractivity contribution in [3.05, 3.63) is 0 Å². The third-order valence-corrected chi connectivity index (χ3v) is 2.60. The molecule has 0 heterocycles. The highest BCUT2D eigenvalue weighted by atomic mass is 35.5. The lowest BCUT2D eigenvalue weighted by Crippen LogP contribution is -2.30. The second-order valence-electron chi connectivity index (χ2n) is 3.27.